The molecule has 28 heavy (non-hydrogen) atoms. The number of aryl methyl sites for hydroxylation is 1. The number of anilines is 1. The number of hydrogen-bond donors (Lipinski definition) is 1. The molecule has 1 aliphatic carbocycles. The summed E-state index contributed by atoms with van der Waals surface area (Å²) in [6, 6.07) is 12.7. The van der Waals surface area contributed by atoms with Crippen molar-refractivity contribution in [1.82, 2.24) is 4.90 Å². The van der Waals surface area contributed by atoms with E-state index in [0.29, 0.717) is 16.8 Å². The Morgan fingerprint density at radius 2 is 1.71 bits per heavy atom. The fraction of sp³-hybridized carbons (Fsp3) is 0.455. The molecule has 1 N–H and O–H groups in total. The van der Waals surface area contributed by atoms with Gasteiger partial charge < -0.3 is 4.90 Å². The fourth-order valence-corrected chi connectivity index (χ4v) is 5.17. The Hall–Kier alpha value is -1.56. The average molecular weight is 421 g/mol. The van der Waals surface area contributed by atoms with Crippen LogP contribution >= 0.6 is 11.6 Å². The molecular formula is C22H29ClN2O2S. The Kier molecular flexibility index (Phi) is 7.02. The highest BCUT2D eigenvalue weighted by Crippen LogP contribution is 2.28. The van der Waals surface area contributed by atoms with Crippen molar-refractivity contribution in [1.29, 1.82) is 0 Å². The molecule has 0 saturated heterocycles. The predicted molar refractivity (Wildman–Crippen MR) is 117 cm³/mol. The molecule has 0 saturated carbocycles. The van der Waals surface area contributed by atoms with Gasteiger partial charge in [0.2, 0.25) is 0 Å². The van der Waals surface area contributed by atoms with Gasteiger partial charge in [0.15, 0.2) is 0 Å². The van der Waals surface area contributed by atoms with Gasteiger partial charge in [-0.3, -0.25) is 4.72 Å². The Morgan fingerprint density at radius 3 is 2.36 bits per heavy atom. The molecule has 1 aliphatic rings. The van der Waals surface area contributed by atoms with Crippen LogP contribution in [0.5, 0.6) is 0 Å². The van der Waals surface area contributed by atoms with Crippen LogP contribution in [0.1, 0.15) is 44.2 Å². The number of hydrogen-bond acceptors (Lipinski definition) is 3. The first-order valence-corrected chi connectivity index (χ1v) is 11.9. The lowest BCUT2D eigenvalue weighted by molar-refractivity contribution is 0.180. The summed E-state index contributed by atoms with van der Waals surface area (Å²) in [6.07, 6.45) is 5.51. The molecule has 0 spiro atoms. The van der Waals surface area contributed by atoms with E-state index >= 15 is 0 Å². The van der Waals surface area contributed by atoms with E-state index in [4.69, 9.17) is 11.6 Å². The van der Waals surface area contributed by atoms with Crippen molar-refractivity contribution < 1.29 is 8.42 Å². The quantitative estimate of drug-likeness (QED) is 0.644. The third kappa shape index (κ3) is 5.07. The second-order valence-electron chi connectivity index (χ2n) is 7.48. The monoisotopic (exact) mass is 420 g/mol. The van der Waals surface area contributed by atoms with Gasteiger partial charge in [-0.25, -0.2) is 8.42 Å². The largest absolute Gasteiger partial charge is 0.300 e. The molecule has 4 nitrogen and oxygen atoms in total. The molecule has 6 heteroatoms. The summed E-state index contributed by atoms with van der Waals surface area (Å²) in [5.41, 5.74) is 3.20. The van der Waals surface area contributed by atoms with Gasteiger partial charge in [-0.2, -0.15) is 0 Å². The van der Waals surface area contributed by atoms with Crippen molar-refractivity contribution in [2.75, 3.05) is 17.8 Å². The van der Waals surface area contributed by atoms with E-state index < -0.39 is 10.0 Å². The average Bonchev–Trinajstić information content (AvgIpc) is 2.67. The Bertz CT molecular complexity index is 891. The maximum Gasteiger partial charge on any atom is 0.261 e. The summed E-state index contributed by atoms with van der Waals surface area (Å²) in [7, 11) is -3.62. The highest BCUT2D eigenvalue weighted by atomic mass is 35.5. The van der Waals surface area contributed by atoms with Crippen LogP contribution in [0.15, 0.2) is 47.4 Å². The minimum Gasteiger partial charge on any atom is -0.300 e. The van der Waals surface area contributed by atoms with Crippen LogP contribution in [-0.4, -0.2) is 32.4 Å². The zero-order valence-electron chi connectivity index (χ0n) is 16.6. The number of rotatable bonds is 8. The first-order valence-electron chi connectivity index (χ1n) is 10.1. The Morgan fingerprint density at radius 1 is 1.04 bits per heavy atom. The van der Waals surface area contributed by atoms with E-state index in [9.17, 15) is 8.42 Å². The molecule has 0 fully saturated rings. The molecule has 2 aromatic carbocycles. The van der Waals surface area contributed by atoms with Crippen molar-refractivity contribution in [2.45, 2.75) is 56.9 Å². The van der Waals surface area contributed by atoms with Gasteiger partial charge in [0.05, 0.1) is 4.90 Å². The topological polar surface area (TPSA) is 49.4 Å². The summed E-state index contributed by atoms with van der Waals surface area (Å²) in [5, 5.41) is 0.516. The van der Waals surface area contributed by atoms with E-state index in [2.05, 4.69) is 29.5 Å². The zero-order chi connectivity index (χ0) is 20.1. The van der Waals surface area contributed by atoms with E-state index in [-0.39, 0.29) is 4.90 Å². The summed E-state index contributed by atoms with van der Waals surface area (Å²) < 4.78 is 28.0. The van der Waals surface area contributed by atoms with Crippen LogP contribution in [0.25, 0.3) is 0 Å². The summed E-state index contributed by atoms with van der Waals surface area (Å²) >= 11 is 5.87. The van der Waals surface area contributed by atoms with Crippen LogP contribution in [0.4, 0.5) is 5.69 Å². The van der Waals surface area contributed by atoms with E-state index in [1.54, 1.807) is 12.1 Å². The van der Waals surface area contributed by atoms with Gasteiger partial charge in [0.1, 0.15) is 0 Å². The van der Waals surface area contributed by atoms with Crippen molar-refractivity contribution in [3.05, 3.63) is 58.6 Å². The van der Waals surface area contributed by atoms with Crippen LogP contribution in [0.2, 0.25) is 5.02 Å². The molecular weight excluding hydrogens is 392 g/mol. The summed E-state index contributed by atoms with van der Waals surface area (Å²) in [5.74, 6) is 0. The first-order chi connectivity index (χ1) is 13.4. The smallest absolute Gasteiger partial charge is 0.261 e. The van der Waals surface area contributed by atoms with Crippen LogP contribution in [0, 0.1) is 0 Å². The molecule has 0 aliphatic heterocycles. The lowest BCUT2D eigenvalue weighted by Crippen LogP contribution is -2.40. The molecule has 1 atom stereocenters. The molecule has 152 valence electrons. The lowest BCUT2D eigenvalue weighted by Gasteiger charge is -2.35. The van der Waals surface area contributed by atoms with Crippen molar-refractivity contribution in [2.24, 2.45) is 0 Å². The van der Waals surface area contributed by atoms with Gasteiger partial charge in [-0.05, 0) is 92.7 Å². The number of halogens is 1. The normalized spacial score (nSPS) is 16.8. The van der Waals surface area contributed by atoms with Gasteiger partial charge in [-0.15, -0.1) is 0 Å². The van der Waals surface area contributed by atoms with Gasteiger partial charge in [-0.1, -0.05) is 31.5 Å². The van der Waals surface area contributed by atoms with Crippen LogP contribution in [0.3, 0.4) is 0 Å². The highest BCUT2D eigenvalue weighted by Gasteiger charge is 2.24. The predicted octanol–water partition coefficient (Wildman–Crippen LogP) is 5.12. The number of fused-ring (bicyclic) bond motifs is 1. The second-order valence-corrected chi connectivity index (χ2v) is 9.59. The minimum absolute atomic E-state index is 0.213. The maximum atomic E-state index is 12.7. The van der Waals surface area contributed by atoms with Crippen LogP contribution < -0.4 is 4.72 Å². The zero-order valence-corrected chi connectivity index (χ0v) is 18.2. The van der Waals surface area contributed by atoms with Gasteiger partial charge >= 0.3 is 0 Å². The van der Waals surface area contributed by atoms with Crippen molar-refractivity contribution >= 4 is 27.3 Å². The first kappa shape index (κ1) is 21.2. The SMILES string of the molecule is CCCN(CCC)C1CCc2ccc(NS(=O)(=O)c3ccc(Cl)cc3)cc2C1. The Balaban J connectivity index is 1.78. The highest BCUT2D eigenvalue weighted by molar-refractivity contribution is 7.92. The van der Waals surface area contributed by atoms with Crippen molar-refractivity contribution in [3.8, 4) is 0 Å². The third-order valence-corrected chi connectivity index (χ3v) is 6.97. The molecule has 3 rings (SSSR count). The molecule has 0 radical (unpaired) electrons. The summed E-state index contributed by atoms with van der Waals surface area (Å²) in [4.78, 5) is 2.80. The van der Waals surface area contributed by atoms with E-state index in [1.807, 2.05) is 12.1 Å². The van der Waals surface area contributed by atoms with Crippen LogP contribution in [-0.2, 0) is 22.9 Å². The standard InChI is InChI=1S/C22H29ClN2O2S/c1-3-13-25(14-4-2)21-10-6-17-5-9-20(15-18(17)16-21)24-28(26,27)22-11-7-19(23)8-12-22/h5,7-9,11-12,15,21,24H,3-4,6,10,13-14,16H2,1-2H3. The van der Waals surface area contributed by atoms with E-state index in [1.165, 1.54) is 29.7 Å². The Labute approximate surface area is 174 Å². The second kappa shape index (κ2) is 9.29. The molecule has 0 aromatic heterocycles. The maximum absolute atomic E-state index is 12.7. The molecule has 1 unspecified atom stereocenters. The number of nitrogens with one attached hydrogen (secondary N) is 1. The third-order valence-electron chi connectivity index (χ3n) is 5.32. The van der Waals surface area contributed by atoms with Gasteiger partial charge in [0, 0.05) is 16.8 Å². The minimum atomic E-state index is -3.62. The number of nitrogens with zero attached hydrogens (tertiary/aromatic N) is 1. The van der Waals surface area contributed by atoms with Gasteiger partial charge in [0.25, 0.3) is 10.0 Å². The molecule has 0 bridgehead atoms. The molecule has 0 amide bonds. The fourth-order valence-electron chi connectivity index (χ4n) is 3.99. The number of benzene rings is 2. The molecule has 2 aromatic rings. The van der Waals surface area contributed by atoms with Crippen molar-refractivity contribution in [3.63, 3.8) is 0 Å². The number of sulfonamides is 1. The lowest BCUT2D eigenvalue weighted by atomic mass is 9.87. The van der Waals surface area contributed by atoms with E-state index in [0.717, 1.165) is 38.8 Å². The summed E-state index contributed by atoms with van der Waals surface area (Å²) in [6.45, 7) is 6.69. The molecule has 0 heterocycles.